The maximum atomic E-state index is 10.7. The molecule has 0 aromatic heterocycles. The van der Waals surface area contributed by atoms with E-state index in [2.05, 4.69) is 17.1 Å². The van der Waals surface area contributed by atoms with E-state index in [1.54, 1.807) is 6.92 Å². The number of hydrogen-bond donors (Lipinski definition) is 3. The van der Waals surface area contributed by atoms with E-state index < -0.39 is 12.2 Å². The van der Waals surface area contributed by atoms with E-state index in [1.165, 1.54) is 0 Å². The Bertz CT molecular complexity index is 503. The monoisotopic (exact) mass is 292 g/mol. The van der Waals surface area contributed by atoms with E-state index in [0.29, 0.717) is 0 Å². The van der Waals surface area contributed by atoms with Gasteiger partial charge < -0.3 is 15.5 Å². The Balaban J connectivity index is 2.13. The highest BCUT2D eigenvalue weighted by molar-refractivity contribution is 5.65. The van der Waals surface area contributed by atoms with Gasteiger partial charge >= 0.3 is 6.09 Å². The van der Waals surface area contributed by atoms with Gasteiger partial charge in [0.15, 0.2) is 0 Å². The van der Waals surface area contributed by atoms with Crippen molar-refractivity contribution in [1.82, 2.24) is 10.2 Å². The first-order valence-electron chi connectivity index (χ1n) is 7.33. The SMILES string of the molecule is C[C@H](NC(=O)O)c1ccc(C(O)[C@@]2(C)CCCN2C)cc1. The summed E-state index contributed by atoms with van der Waals surface area (Å²) < 4.78 is 0. The predicted octanol–water partition coefficient (Wildman–Crippen LogP) is 2.53. The lowest BCUT2D eigenvalue weighted by molar-refractivity contribution is 0.0158. The number of nitrogens with zero attached hydrogens (tertiary/aromatic N) is 1. The van der Waals surface area contributed by atoms with Gasteiger partial charge in [-0.25, -0.2) is 4.79 Å². The van der Waals surface area contributed by atoms with Crippen molar-refractivity contribution >= 4 is 6.09 Å². The van der Waals surface area contributed by atoms with Crippen molar-refractivity contribution < 1.29 is 15.0 Å². The molecule has 1 aromatic rings. The third-order valence-corrected chi connectivity index (χ3v) is 4.73. The zero-order valence-electron chi connectivity index (χ0n) is 12.8. The molecule has 116 valence electrons. The number of carbonyl (C=O) groups is 1. The third-order valence-electron chi connectivity index (χ3n) is 4.73. The lowest BCUT2D eigenvalue weighted by atomic mass is 9.86. The summed E-state index contributed by atoms with van der Waals surface area (Å²) in [4.78, 5) is 12.9. The predicted molar refractivity (Wildman–Crippen MR) is 81.2 cm³/mol. The van der Waals surface area contributed by atoms with E-state index >= 15 is 0 Å². The van der Waals surface area contributed by atoms with Gasteiger partial charge in [0, 0.05) is 5.54 Å². The van der Waals surface area contributed by atoms with Crippen LogP contribution in [0.2, 0.25) is 0 Å². The molecule has 1 fully saturated rings. The molecule has 3 atom stereocenters. The van der Waals surface area contributed by atoms with Crippen molar-refractivity contribution in [2.45, 2.75) is 44.4 Å². The van der Waals surface area contributed by atoms with Gasteiger partial charge in [-0.2, -0.15) is 0 Å². The number of carboxylic acid groups (broad SMARTS) is 1. The number of benzene rings is 1. The maximum absolute atomic E-state index is 10.7. The number of hydrogen-bond acceptors (Lipinski definition) is 3. The third kappa shape index (κ3) is 3.19. The lowest BCUT2D eigenvalue weighted by Gasteiger charge is -2.37. The van der Waals surface area contributed by atoms with Gasteiger partial charge in [-0.05, 0) is 51.4 Å². The Hall–Kier alpha value is -1.59. The molecule has 1 heterocycles. The second kappa shape index (κ2) is 6.03. The molecule has 5 heteroatoms. The van der Waals surface area contributed by atoms with Gasteiger partial charge in [0.1, 0.15) is 0 Å². The summed E-state index contributed by atoms with van der Waals surface area (Å²) in [5.74, 6) is 0. The van der Waals surface area contributed by atoms with Gasteiger partial charge in [0.25, 0.3) is 0 Å². The molecule has 3 N–H and O–H groups in total. The topological polar surface area (TPSA) is 72.8 Å². The van der Waals surface area contributed by atoms with Crippen molar-refractivity contribution in [3.05, 3.63) is 35.4 Å². The first-order valence-corrected chi connectivity index (χ1v) is 7.33. The van der Waals surface area contributed by atoms with Crippen LogP contribution >= 0.6 is 0 Å². The fraction of sp³-hybridized carbons (Fsp3) is 0.562. The van der Waals surface area contributed by atoms with Crippen molar-refractivity contribution in [2.24, 2.45) is 0 Å². The first-order chi connectivity index (χ1) is 9.84. The lowest BCUT2D eigenvalue weighted by Crippen LogP contribution is -2.43. The molecule has 0 bridgehead atoms. The number of rotatable bonds is 4. The largest absolute Gasteiger partial charge is 0.465 e. The molecule has 1 aromatic carbocycles. The molecule has 1 aliphatic rings. The highest BCUT2D eigenvalue weighted by atomic mass is 16.4. The zero-order valence-corrected chi connectivity index (χ0v) is 12.8. The van der Waals surface area contributed by atoms with Crippen LogP contribution in [0.15, 0.2) is 24.3 Å². The van der Waals surface area contributed by atoms with Gasteiger partial charge in [-0.3, -0.25) is 4.90 Å². The Kier molecular flexibility index (Phi) is 4.54. The second-order valence-corrected chi connectivity index (χ2v) is 6.12. The van der Waals surface area contributed by atoms with E-state index in [0.717, 1.165) is 30.5 Å². The van der Waals surface area contributed by atoms with E-state index in [-0.39, 0.29) is 11.6 Å². The average Bonchev–Trinajstić information content (AvgIpc) is 2.78. The molecule has 1 aliphatic heterocycles. The van der Waals surface area contributed by atoms with Gasteiger partial charge in [-0.1, -0.05) is 24.3 Å². The van der Waals surface area contributed by atoms with Crippen molar-refractivity contribution in [2.75, 3.05) is 13.6 Å². The molecule has 5 nitrogen and oxygen atoms in total. The summed E-state index contributed by atoms with van der Waals surface area (Å²) in [5, 5.41) is 21.8. The average molecular weight is 292 g/mol. The highest BCUT2D eigenvalue weighted by Crippen LogP contribution is 2.38. The quantitative estimate of drug-likeness (QED) is 0.797. The van der Waals surface area contributed by atoms with Crippen LogP contribution in [0.3, 0.4) is 0 Å². The summed E-state index contributed by atoms with van der Waals surface area (Å²) in [7, 11) is 2.05. The van der Waals surface area contributed by atoms with Crippen molar-refractivity contribution in [3.63, 3.8) is 0 Å². The summed E-state index contributed by atoms with van der Waals surface area (Å²) in [6, 6.07) is 7.25. The van der Waals surface area contributed by atoms with Crippen LogP contribution in [-0.2, 0) is 0 Å². The Morgan fingerprint density at radius 2 is 1.90 bits per heavy atom. The smallest absolute Gasteiger partial charge is 0.405 e. The molecule has 0 saturated carbocycles. The fourth-order valence-corrected chi connectivity index (χ4v) is 3.06. The van der Waals surface area contributed by atoms with Crippen LogP contribution in [0.4, 0.5) is 4.79 Å². The Morgan fingerprint density at radius 1 is 1.33 bits per heavy atom. The number of aliphatic hydroxyl groups excluding tert-OH is 1. The molecule has 1 unspecified atom stereocenters. The number of likely N-dealkylation sites (N-methyl/N-ethyl adjacent to an activating group) is 1. The minimum atomic E-state index is -1.04. The highest BCUT2D eigenvalue weighted by Gasteiger charge is 2.41. The molecular weight excluding hydrogens is 268 g/mol. The summed E-state index contributed by atoms with van der Waals surface area (Å²) >= 11 is 0. The number of amides is 1. The summed E-state index contributed by atoms with van der Waals surface area (Å²) in [5.41, 5.74) is 1.53. The molecule has 0 aliphatic carbocycles. The molecule has 0 radical (unpaired) electrons. The van der Waals surface area contributed by atoms with Crippen molar-refractivity contribution in [3.8, 4) is 0 Å². The molecule has 0 spiro atoms. The minimum absolute atomic E-state index is 0.230. The summed E-state index contributed by atoms with van der Waals surface area (Å²) in [6.45, 7) is 4.89. The van der Waals surface area contributed by atoms with E-state index in [1.807, 2.05) is 31.3 Å². The number of nitrogens with one attached hydrogen (secondary N) is 1. The minimum Gasteiger partial charge on any atom is -0.465 e. The Morgan fingerprint density at radius 3 is 2.38 bits per heavy atom. The van der Waals surface area contributed by atoms with E-state index in [4.69, 9.17) is 5.11 Å². The van der Waals surface area contributed by atoms with Crippen LogP contribution in [0.5, 0.6) is 0 Å². The van der Waals surface area contributed by atoms with Gasteiger partial charge in [0.2, 0.25) is 0 Å². The Labute approximate surface area is 125 Å². The van der Waals surface area contributed by atoms with Crippen LogP contribution < -0.4 is 5.32 Å². The van der Waals surface area contributed by atoms with Crippen LogP contribution in [0.1, 0.15) is 50.0 Å². The maximum Gasteiger partial charge on any atom is 0.405 e. The van der Waals surface area contributed by atoms with Crippen LogP contribution in [0, 0.1) is 0 Å². The normalized spacial score (nSPS) is 25.5. The van der Waals surface area contributed by atoms with Crippen LogP contribution in [0.25, 0.3) is 0 Å². The molecule has 21 heavy (non-hydrogen) atoms. The second-order valence-electron chi connectivity index (χ2n) is 6.12. The van der Waals surface area contributed by atoms with Gasteiger partial charge in [-0.15, -0.1) is 0 Å². The van der Waals surface area contributed by atoms with Crippen LogP contribution in [-0.4, -0.2) is 40.3 Å². The standard InChI is InChI=1S/C16H24N2O3/c1-11(17-15(20)21)12-5-7-13(8-6-12)14(19)16(2)9-4-10-18(16)3/h5-8,11,14,17,19H,4,9-10H2,1-3H3,(H,20,21)/t11-,14?,16+/m0/s1. The summed E-state index contributed by atoms with van der Waals surface area (Å²) in [6.07, 6.45) is 0.499. The van der Waals surface area contributed by atoms with Gasteiger partial charge in [0.05, 0.1) is 12.1 Å². The molecule has 2 rings (SSSR count). The zero-order chi connectivity index (χ0) is 15.6. The number of aliphatic hydroxyl groups is 1. The molecule has 1 saturated heterocycles. The number of likely N-dealkylation sites (tertiary alicyclic amines) is 1. The molecular formula is C16H24N2O3. The fourth-order valence-electron chi connectivity index (χ4n) is 3.06. The molecule has 1 amide bonds. The first kappa shape index (κ1) is 15.8. The van der Waals surface area contributed by atoms with Crippen molar-refractivity contribution in [1.29, 1.82) is 0 Å². The van der Waals surface area contributed by atoms with E-state index in [9.17, 15) is 9.90 Å².